The average molecular weight is 254 g/mol. The molecule has 0 aliphatic heterocycles. The number of rotatable bonds is 5. The van der Waals surface area contributed by atoms with Crippen LogP contribution in [0.25, 0.3) is 6.08 Å². The van der Waals surface area contributed by atoms with Gasteiger partial charge in [-0.25, -0.2) is 9.78 Å². The van der Waals surface area contributed by atoms with Gasteiger partial charge in [-0.3, -0.25) is 4.79 Å². The van der Waals surface area contributed by atoms with Crippen LogP contribution in [0, 0.1) is 5.92 Å². The summed E-state index contributed by atoms with van der Waals surface area (Å²) in [6.07, 6.45) is 4.77. The zero-order valence-electron chi connectivity index (χ0n) is 9.64. The molecule has 0 fully saturated rings. The Hall–Kier alpha value is -1.69. The lowest BCUT2D eigenvalue weighted by atomic mass is 10.1. The summed E-state index contributed by atoms with van der Waals surface area (Å²) in [5, 5.41) is 11.6. The first-order valence-corrected chi connectivity index (χ1v) is 6.02. The largest absolute Gasteiger partial charge is 0.478 e. The second-order valence-electron chi connectivity index (χ2n) is 3.54. The zero-order chi connectivity index (χ0) is 12.8. The molecule has 0 spiro atoms. The second-order valence-corrected chi connectivity index (χ2v) is 4.60. The van der Waals surface area contributed by atoms with Crippen LogP contribution in [0.4, 0.5) is 5.13 Å². The summed E-state index contributed by atoms with van der Waals surface area (Å²) >= 11 is 1.24. The standard InChI is InChI=1S/C11H14N2O3S/c1-3-7(2)10(16)13-11-12-6-8(17-11)4-5-9(14)15/h4-7H,3H2,1-2H3,(H,14,15)(H,12,13,16)/b5-4+. The highest BCUT2D eigenvalue weighted by Gasteiger charge is 2.12. The van der Waals surface area contributed by atoms with Crippen LogP contribution in [-0.2, 0) is 9.59 Å². The summed E-state index contributed by atoms with van der Waals surface area (Å²) in [5.74, 6) is -1.14. The number of amides is 1. The minimum absolute atomic E-state index is 0.0584. The van der Waals surface area contributed by atoms with Crippen molar-refractivity contribution >= 4 is 34.4 Å². The quantitative estimate of drug-likeness (QED) is 0.790. The van der Waals surface area contributed by atoms with Gasteiger partial charge in [-0.15, -0.1) is 0 Å². The van der Waals surface area contributed by atoms with E-state index in [1.54, 1.807) is 0 Å². The third-order valence-corrected chi connectivity index (χ3v) is 3.08. The van der Waals surface area contributed by atoms with E-state index in [2.05, 4.69) is 10.3 Å². The number of aromatic nitrogens is 1. The Morgan fingerprint density at radius 2 is 2.35 bits per heavy atom. The van der Waals surface area contributed by atoms with Crippen molar-refractivity contribution < 1.29 is 14.7 Å². The highest BCUT2D eigenvalue weighted by molar-refractivity contribution is 7.16. The molecule has 0 aromatic carbocycles. The molecule has 2 N–H and O–H groups in total. The lowest BCUT2D eigenvalue weighted by molar-refractivity contribution is -0.131. The second kappa shape index (κ2) is 6.15. The number of anilines is 1. The Morgan fingerprint density at radius 3 is 2.94 bits per heavy atom. The van der Waals surface area contributed by atoms with Gasteiger partial charge in [0, 0.05) is 23.1 Å². The molecule has 17 heavy (non-hydrogen) atoms. The first kappa shape index (κ1) is 13.4. The SMILES string of the molecule is CCC(C)C(=O)Nc1ncc(/C=C/C(=O)O)s1. The van der Waals surface area contributed by atoms with Crippen LogP contribution in [0.2, 0.25) is 0 Å². The average Bonchev–Trinajstić information content (AvgIpc) is 2.73. The number of carbonyl (C=O) groups excluding carboxylic acids is 1. The lowest BCUT2D eigenvalue weighted by Gasteiger charge is -2.06. The van der Waals surface area contributed by atoms with Gasteiger partial charge < -0.3 is 10.4 Å². The van der Waals surface area contributed by atoms with E-state index in [4.69, 9.17) is 5.11 Å². The number of nitrogens with one attached hydrogen (secondary N) is 1. The number of thiazole rings is 1. The van der Waals surface area contributed by atoms with Gasteiger partial charge in [0.2, 0.25) is 5.91 Å². The molecule has 1 amide bonds. The van der Waals surface area contributed by atoms with Gasteiger partial charge in [-0.05, 0) is 12.5 Å². The van der Waals surface area contributed by atoms with E-state index >= 15 is 0 Å². The fourth-order valence-corrected chi connectivity index (χ4v) is 1.71. The summed E-state index contributed by atoms with van der Waals surface area (Å²) in [6, 6.07) is 0. The molecule has 1 rings (SSSR count). The van der Waals surface area contributed by atoms with E-state index in [0.717, 1.165) is 12.5 Å². The van der Waals surface area contributed by atoms with Crippen molar-refractivity contribution in [1.82, 2.24) is 4.98 Å². The van der Waals surface area contributed by atoms with Gasteiger partial charge in [-0.2, -0.15) is 0 Å². The number of carboxylic acid groups (broad SMARTS) is 1. The predicted octanol–water partition coefficient (Wildman–Crippen LogP) is 2.23. The maximum absolute atomic E-state index is 11.6. The van der Waals surface area contributed by atoms with Crippen LogP contribution in [0.15, 0.2) is 12.3 Å². The monoisotopic (exact) mass is 254 g/mol. The van der Waals surface area contributed by atoms with Gasteiger partial charge in [0.1, 0.15) is 0 Å². The first-order valence-electron chi connectivity index (χ1n) is 5.20. The molecular formula is C11H14N2O3S. The highest BCUT2D eigenvalue weighted by Crippen LogP contribution is 2.20. The summed E-state index contributed by atoms with van der Waals surface area (Å²) in [4.78, 5) is 26.6. The maximum atomic E-state index is 11.6. The van der Waals surface area contributed by atoms with Crippen LogP contribution in [0.1, 0.15) is 25.1 Å². The molecular weight excluding hydrogens is 240 g/mol. The molecule has 0 bridgehead atoms. The summed E-state index contributed by atoms with van der Waals surface area (Å²) < 4.78 is 0. The minimum atomic E-state index is -1.01. The summed E-state index contributed by atoms with van der Waals surface area (Å²) in [7, 11) is 0. The van der Waals surface area contributed by atoms with Crippen LogP contribution < -0.4 is 5.32 Å². The summed E-state index contributed by atoms with van der Waals surface area (Å²) in [5.41, 5.74) is 0. The molecule has 1 aromatic rings. The number of carboxylic acids is 1. The van der Waals surface area contributed by atoms with Crippen molar-refractivity contribution in [2.24, 2.45) is 5.92 Å². The third-order valence-electron chi connectivity index (χ3n) is 2.20. The molecule has 0 aliphatic carbocycles. The molecule has 6 heteroatoms. The number of nitrogens with zero attached hydrogens (tertiary/aromatic N) is 1. The fourth-order valence-electron chi connectivity index (χ4n) is 0.989. The summed E-state index contributed by atoms with van der Waals surface area (Å²) in [6.45, 7) is 3.78. The van der Waals surface area contributed by atoms with E-state index in [1.165, 1.54) is 23.6 Å². The predicted molar refractivity (Wildman–Crippen MR) is 66.9 cm³/mol. The van der Waals surface area contributed by atoms with Crippen LogP contribution in [0.5, 0.6) is 0 Å². The van der Waals surface area contributed by atoms with Crippen molar-refractivity contribution in [2.45, 2.75) is 20.3 Å². The molecule has 0 saturated heterocycles. The molecule has 92 valence electrons. The van der Waals surface area contributed by atoms with Crippen LogP contribution in [0.3, 0.4) is 0 Å². The van der Waals surface area contributed by atoms with Crippen molar-refractivity contribution in [3.05, 3.63) is 17.2 Å². The molecule has 5 nitrogen and oxygen atoms in total. The Bertz CT molecular complexity index is 440. The zero-order valence-corrected chi connectivity index (χ0v) is 10.5. The number of hydrogen-bond donors (Lipinski definition) is 2. The smallest absolute Gasteiger partial charge is 0.328 e. The van der Waals surface area contributed by atoms with Crippen molar-refractivity contribution in [3.8, 4) is 0 Å². The van der Waals surface area contributed by atoms with Gasteiger partial charge in [0.25, 0.3) is 0 Å². The molecule has 0 saturated carbocycles. The minimum Gasteiger partial charge on any atom is -0.478 e. The number of carbonyl (C=O) groups is 2. The van der Waals surface area contributed by atoms with E-state index in [0.29, 0.717) is 10.0 Å². The van der Waals surface area contributed by atoms with Crippen LogP contribution in [-0.4, -0.2) is 22.0 Å². The normalized spacial score (nSPS) is 12.6. The molecule has 1 atom stereocenters. The van der Waals surface area contributed by atoms with Gasteiger partial charge in [0.15, 0.2) is 5.13 Å². The molecule has 1 unspecified atom stereocenters. The van der Waals surface area contributed by atoms with Crippen molar-refractivity contribution in [3.63, 3.8) is 0 Å². The van der Waals surface area contributed by atoms with E-state index in [-0.39, 0.29) is 11.8 Å². The maximum Gasteiger partial charge on any atom is 0.328 e. The van der Waals surface area contributed by atoms with Gasteiger partial charge >= 0.3 is 5.97 Å². The van der Waals surface area contributed by atoms with Crippen molar-refractivity contribution in [2.75, 3.05) is 5.32 Å². The number of aliphatic carboxylic acids is 1. The highest BCUT2D eigenvalue weighted by atomic mass is 32.1. The Morgan fingerprint density at radius 1 is 1.65 bits per heavy atom. The topological polar surface area (TPSA) is 79.3 Å². The first-order chi connectivity index (χ1) is 8.02. The molecule has 1 heterocycles. The third kappa shape index (κ3) is 4.36. The number of hydrogen-bond acceptors (Lipinski definition) is 4. The Labute approximate surface area is 103 Å². The fraction of sp³-hybridized carbons (Fsp3) is 0.364. The van der Waals surface area contributed by atoms with E-state index < -0.39 is 5.97 Å². The molecule has 0 aliphatic rings. The van der Waals surface area contributed by atoms with E-state index in [1.807, 2.05) is 13.8 Å². The van der Waals surface area contributed by atoms with E-state index in [9.17, 15) is 9.59 Å². The molecule has 1 aromatic heterocycles. The lowest BCUT2D eigenvalue weighted by Crippen LogP contribution is -2.19. The Balaban J connectivity index is 2.63. The van der Waals surface area contributed by atoms with Gasteiger partial charge in [-0.1, -0.05) is 25.2 Å². The van der Waals surface area contributed by atoms with Crippen molar-refractivity contribution in [1.29, 1.82) is 0 Å². The Kier molecular flexibility index (Phi) is 4.84. The molecule has 0 radical (unpaired) electrons. The van der Waals surface area contributed by atoms with Gasteiger partial charge in [0.05, 0.1) is 0 Å². The van der Waals surface area contributed by atoms with Crippen LogP contribution >= 0.6 is 11.3 Å².